The van der Waals surface area contributed by atoms with Crippen LogP contribution in [-0.2, 0) is 0 Å². The molecule has 14 rings (SSSR count). The fourth-order valence-corrected chi connectivity index (χ4v) is 12.5. The summed E-state index contributed by atoms with van der Waals surface area (Å²) in [6.45, 7) is 13.6. The highest BCUT2D eigenvalue weighted by atomic mass is 16.3. The summed E-state index contributed by atoms with van der Waals surface area (Å²) in [5, 5.41) is 12.0. The predicted molar refractivity (Wildman–Crippen MR) is 313 cm³/mol. The Morgan fingerprint density at radius 2 is 0.662 bits per heavy atom. The SMILES string of the molecule is Cc1ccc(-c2cccc3c2oc2ccccc23)c(C)c1N(c1ccccc1)c1cc(C)c2ccc3c(N(c4ccccc4)c4c(C)ccc(-c5cccc6c5oc5ccccc56)c4C)cc(C)c4ccc1c2c43. The number of anilines is 6. The first-order valence-electron chi connectivity index (χ1n) is 25.7. The van der Waals surface area contributed by atoms with Crippen molar-refractivity contribution >= 4 is 110 Å². The van der Waals surface area contributed by atoms with Crippen molar-refractivity contribution < 1.29 is 8.83 Å². The standard InChI is InChI=1S/C70H52N2O2/c1-41-31-33-51(55-25-17-27-57-53-23-13-15-29-63(53)73-69(55)57)45(5)67(41)71(47-19-9-7-10-20-47)61-39-43(3)49-36-38-60-62(40-44(4)50-35-37-59(61)65(49)66(50)60)72(48-21-11-8-12-22-48)68-42(2)32-34-52(46(68)6)56-26-18-28-58-54-24-14-16-30-64(54)74-70(56)58/h7-40H,1-6H3. The lowest BCUT2D eigenvalue weighted by molar-refractivity contribution is 0.669. The van der Waals surface area contributed by atoms with E-state index in [2.05, 4.69) is 245 Å². The van der Waals surface area contributed by atoms with Gasteiger partial charge in [-0.05, 0) is 156 Å². The number of para-hydroxylation sites is 6. The number of hydrogen-bond donors (Lipinski definition) is 0. The molecule has 0 atom stereocenters. The Balaban J connectivity index is 1.01. The van der Waals surface area contributed by atoms with Crippen molar-refractivity contribution in [3.63, 3.8) is 0 Å². The van der Waals surface area contributed by atoms with Crippen LogP contribution >= 0.6 is 0 Å². The molecule has 4 nitrogen and oxygen atoms in total. The van der Waals surface area contributed by atoms with E-state index in [0.717, 1.165) is 100 Å². The summed E-state index contributed by atoms with van der Waals surface area (Å²) in [5.74, 6) is 0. The van der Waals surface area contributed by atoms with Crippen LogP contribution < -0.4 is 9.80 Å². The molecule has 0 bridgehead atoms. The van der Waals surface area contributed by atoms with Crippen LogP contribution in [0.5, 0.6) is 0 Å². The van der Waals surface area contributed by atoms with E-state index in [9.17, 15) is 0 Å². The minimum absolute atomic E-state index is 0.899. The van der Waals surface area contributed by atoms with E-state index < -0.39 is 0 Å². The molecule has 354 valence electrons. The van der Waals surface area contributed by atoms with Gasteiger partial charge in [0.05, 0.1) is 22.7 Å². The monoisotopic (exact) mass is 952 g/mol. The molecule has 14 aromatic rings. The van der Waals surface area contributed by atoms with Crippen LogP contribution in [0.15, 0.2) is 215 Å². The third-order valence-corrected chi connectivity index (χ3v) is 15.9. The van der Waals surface area contributed by atoms with Gasteiger partial charge in [0.25, 0.3) is 0 Å². The van der Waals surface area contributed by atoms with Crippen LogP contribution in [0.2, 0.25) is 0 Å². The van der Waals surface area contributed by atoms with E-state index in [1.54, 1.807) is 0 Å². The Morgan fingerprint density at radius 1 is 0.284 bits per heavy atom. The molecule has 2 aromatic heterocycles. The molecule has 0 saturated carbocycles. The van der Waals surface area contributed by atoms with Gasteiger partial charge in [0, 0.05) is 54.8 Å². The van der Waals surface area contributed by atoms with Crippen molar-refractivity contribution in [2.45, 2.75) is 41.5 Å². The molecule has 74 heavy (non-hydrogen) atoms. The molecule has 0 aliphatic carbocycles. The summed E-state index contributed by atoms with van der Waals surface area (Å²) in [4.78, 5) is 5.02. The minimum atomic E-state index is 0.899. The average Bonchev–Trinajstić information content (AvgIpc) is 4.02. The molecule has 0 amide bonds. The molecular weight excluding hydrogens is 901 g/mol. The Labute approximate surface area is 430 Å². The molecular formula is C70H52N2O2. The number of furan rings is 2. The molecule has 0 aliphatic rings. The maximum Gasteiger partial charge on any atom is 0.143 e. The van der Waals surface area contributed by atoms with Crippen molar-refractivity contribution in [3.05, 3.63) is 240 Å². The summed E-state index contributed by atoms with van der Waals surface area (Å²) in [6.07, 6.45) is 0. The smallest absolute Gasteiger partial charge is 0.143 e. The van der Waals surface area contributed by atoms with Gasteiger partial charge < -0.3 is 18.6 Å². The highest BCUT2D eigenvalue weighted by molar-refractivity contribution is 6.29. The van der Waals surface area contributed by atoms with Crippen LogP contribution in [0, 0.1) is 41.5 Å². The van der Waals surface area contributed by atoms with E-state index in [4.69, 9.17) is 8.83 Å². The number of rotatable bonds is 8. The molecule has 0 unspecified atom stereocenters. The van der Waals surface area contributed by atoms with Gasteiger partial charge in [0.2, 0.25) is 0 Å². The van der Waals surface area contributed by atoms with Gasteiger partial charge in [-0.15, -0.1) is 0 Å². The van der Waals surface area contributed by atoms with Gasteiger partial charge in [-0.3, -0.25) is 0 Å². The third-order valence-electron chi connectivity index (χ3n) is 15.9. The van der Waals surface area contributed by atoms with E-state index in [1.165, 1.54) is 65.7 Å². The average molecular weight is 953 g/mol. The maximum absolute atomic E-state index is 6.67. The fourth-order valence-electron chi connectivity index (χ4n) is 12.5. The summed E-state index contributed by atoms with van der Waals surface area (Å²) in [5.41, 5.74) is 22.1. The molecule has 0 radical (unpaired) electrons. The Morgan fingerprint density at radius 3 is 1.09 bits per heavy atom. The first kappa shape index (κ1) is 43.7. The predicted octanol–water partition coefficient (Wildman–Crippen LogP) is 20.5. The normalized spacial score (nSPS) is 11.9. The van der Waals surface area contributed by atoms with Crippen LogP contribution in [-0.4, -0.2) is 0 Å². The highest BCUT2D eigenvalue weighted by Gasteiger charge is 2.28. The largest absolute Gasteiger partial charge is 0.455 e. The van der Waals surface area contributed by atoms with Crippen LogP contribution in [0.3, 0.4) is 0 Å². The minimum Gasteiger partial charge on any atom is -0.455 e. The first-order valence-corrected chi connectivity index (χ1v) is 25.7. The van der Waals surface area contributed by atoms with Crippen molar-refractivity contribution in [1.82, 2.24) is 0 Å². The molecule has 0 spiro atoms. The van der Waals surface area contributed by atoms with Crippen LogP contribution in [0.25, 0.3) is 98.4 Å². The zero-order valence-electron chi connectivity index (χ0n) is 42.3. The quantitative estimate of drug-likeness (QED) is 0.142. The third kappa shape index (κ3) is 6.47. The highest BCUT2D eigenvalue weighted by Crippen LogP contribution is 2.52. The second kappa shape index (κ2) is 16.7. The molecule has 0 N–H and O–H groups in total. The number of benzene rings is 12. The Kier molecular flexibility index (Phi) is 9.87. The number of nitrogens with zero attached hydrogens (tertiary/aromatic N) is 2. The maximum atomic E-state index is 6.67. The zero-order chi connectivity index (χ0) is 49.9. The summed E-state index contributed by atoms with van der Waals surface area (Å²) < 4.78 is 13.3. The van der Waals surface area contributed by atoms with Crippen molar-refractivity contribution in [2.24, 2.45) is 0 Å². The zero-order valence-corrected chi connectivity index (χ0v) is 42.3. The lowest BCUT2D eigenvalue weighted by atomic mass is 9.87. The van der Waals surface area contributed by atoms with Crippen molar-refractivity contribution in [3.8, 4) is 22.3 Å². The molecule has 0 fully saturated rings. The molecule has 12 aromatic carbocycles. The number of aryl methyl sites for hydroxylation is 4. The van der Waals surface area contributed by atoms with E-state index in [0.29, 0.717) is 0 Å². The van der Waals surface area contributed by atoms with Crippen molar-refractivity contribution in [2.75, 3.05) is 9.80 Å². The second-order valence-corrected chi connectivity index (χ2v) is 20.2. The van der Waals surface area contributed by atoms with Gasteiger partial charge >= 0.3 is 0 Å². The van der Waals surface area contributed by atoms with Gasteiger partial charge in [-0.25, -0.2) is 0 Å². The van der Waals surface area contributed by atoms with Gasteiger partial charge in [0.15, 0.2) is 0 Å². The topological polar surface area (TPSA) is 32.8 Å². The Bertz CT molecular complexity index is 4270. The van der Waals surface area contributed by atoms with Gasteiger partial charge in [0.1, 0.15) is 22.3 Å². The van der Waals surface area contributed by atoms with E-state index in [1.807, 2.05) is 12.1 Å². The number of fused-ring (bicyclic) bond motifs is 6. The number of hydrogen-bond acceptors (Lipinski definition) is 4. The lowest BCUT2D eigenvalue weighted by Gasteiger charge is -2.33. The second-order valence-electron chi connectivity index (χ2n) is 20.2. The summed E-state index contributed by atoms with van der Waals surface area (Å²) >= 11 is 0. The molecule has 0 saturated heterocycles. The molecule has 0 aliphatic heterocycles. The summed E-state index contributed by atoms with van der Waals surface area (Å²) in [6, 6.07) is 75.0. The fraction of sp³-hybridized carbons (Fsp3) is 0.0857. The van der Waals surface area contributed by atoms with Gasteiger partial charge in [-0.2, -0.15) is 0 Å². The molecule has 4 heteroatoms. The molecule has 2 heterocycles. The Hall–Kier alpha value is -9.12. The van der Waals surface area contributed by atoms with Crippen LogP contribution in [0.1, 0.15) is 33.4 Å². The van der Waals surface area contributed by atoms with Gasteiger partial charge in [-0.1, -0.05) is 158 Å². The van der Waals surface area contributed by atoms with E-state index in [-0.39, 0.29) is 0 Å². The van der Waals surface area contributed by atoms with Crippen molar-refractivity contribution in [1.29, 1.82) is 0 Å². The lowest BCUT2D eigenvalue weighted by Crippen LogP contribution is -2.15. The summed E-state index contributed by atoms with van der Waals surface area (Å²) in [7, 11) is 0. The first-order chi connectivity index (χ1) is 36.2. The van der Waals surface area contributed by atoms with Crippen LogP contribution in [0.4, 0.5) is 34.1 Å². The van der Waals surface area contributed by atoms with E-state index >= 15 is 0 Å².